The minimum atomic E-state index is -1.16. The molecule has 0 radical (unpaired) electrons. The van der Waals surface area contributed by atoms with Crippen molar-refractivity contribution in [2.24, 2.45) is 0 Å². The normalized spacial score (nSPS) is 17.0. The number of likely N-dealkylation sites (N-methyl/N-ethyl adjacent to an activating group) is 1. The lowest BCUT2D eigenvalue weighted by Gasteiger charge is -2.28. The molecule has 0 bridgehead atoms. The molecule has 8 nitrogen and oxygen atoms in total. The van der Waals surface area contributed by atoms with E-state index in [1.54, 1.807) is 44.4 Å². The summed E-state index contributed by atoms with van der Waals surface area (Å²) >= 11 is 0. The van der Waals surface area contributed by atoms with Gasteiger partial charge >= 0.3 is 12.0 Å². The molecule has 1 unspecified atom stereocenters. The van der Waals surface area contributed by atoms with E-state index in [9.17, 15) is 19.2 Å². The van der Waals surface area contributed by atoms with Gasteiger partial charge in [0.1, 0.15) is 12.1 Å². The molecule has 4 amide bonds. The Hall–Kier alpha value is -2.90. The Morgan fingerprint density at radius 3 is 2.28 bits per heavy atom. The highest BCUT2D eigenvalue weighted by molar-refractivity contribution is 6.07. The average molecular weight is 347 g/mol. The van der Waals surface area contributed by atoms with Crippen LogP contribution in [0.25, 0.3) is 0 Å². The minimum Gasteiger partial charge on any atom is -0.446 e. The SMILES string of the molecule is CN(C)C(=O)C(OC(=O)CN1C(=O)NC(=O)C1(C)C)c1ccccc1. The van der Waals surface area contributed by atoms with E-state index in [-0.39, 0.29) is 0 Å². The molecular weight excluding hydrogens is 326 g/mol. The largest absolute Gasteiger partial charge is 0.446 e. The van der Waals surface area contributed by atoms with E-state index in [1.807, 2.05) is 0 Å². The molecule has 25 heavy (non-hydrogen) atoms. The van der Waals surface area contributed by atoms with Crippen molar-refractivity contribution in [2.75, 3.05) is 20.6 Å². The minimum absolute atomic E-state index is 0.402. The maximum absolute atomic E-state index is 12.4. The highest BCUT2D eigenvalue weighted by atomic mass is 16.5. The van der Waals surface area contributed by atoms with Gasteiger partial charge in [-0.1, -0.05) is 30.3 Å². The van der Waals surface area contributed by atoms with Gasteiger partial charge in [0, 0.05) is 19.7 Å². The van der Waals surface area contributed by atoms with Crippen molar-refractivity contribution in [3.05, 3.63) is 35.9 Å². The third-order valence-corrected chi connectivity index (χ3v) is 4.00. The Kier molecular flexibility index (Phi) is 5.10. The molecule has 1 saturated heterocycles. The number of hydrogen-bond donors (Lipinski definition) is 1. The van der Waals surface area contributed by atoms with Crippen LogP contribution < -0.4 is 5.32 Å². The van der Waals surface area contributed by atoms with Crippen LogP contribution in [-0.2, 0) is 19.1 Å². The van der Waals surface area contributed by atoms with Crippen LogP contribution in [0.1, 0.15) is 25.5 Å². The molecule has 1 aromatic carbocycles. The van der Waals surface area contributed by atoms with Gasteiger partial charge in [-0.3, -0.25) is 24.6 Å². The fourth-order valence-electron chi connectivity index (χ4n) is 2.38. The summed E-state index contributed by atoms with van der Waals surface area (Å²) in [5, 5.41) is 2.15. The molecule has 1 heterocycles. The topological polar surface area (TPSA) is 96.0 Å². The molecule has 0 aromatic heterocycles. The van der Waals surface area contributed by atoms with Crippen molar-refractivity contribution in [1.29, 1.82) is 0 Å². The van der Waals surface area contributed by atoms with E-state index in [0.29, 0.717) is 5.56 Å². The molecule has 1 fully saturated rings. The lowest BCUT2D eigenvalue weighted by atomic mass is 10.0. The van der Waals surface area contributed by atoms with Crippen LogP contribution in [0.5, 0.6) is 0 Å². The highest BCUT2D eigenvalue weighted by Crippen LogP contribution is 2.23. The molecule has 1 atom stereocenters. The van der Waals surface area contributed by atoms with Gasteiger partial charge < -0.3 is 9.64 Å². The quantitative estimate of drug-likeness (QED) is 0.624. The van der Waals surface area contributed by atoms with Crippen molar-refractivity contribution < 1.29 is 23.9 Å². The first-order chi connectivity index (χ1) is 11.6. The molecule has 2 rings (SSSR count). The van der Waals surface area contributed by atoms with Crippen LogP contribution in [-0.4, -0.2) is 59.8 Å². The van der Waals surface area contributed by atoms with E-state index in [0.717, 1.165) is 4.90 Å². The first kappa shape index (κ1) is 18.4. The Labute approximate surface area is 145 Å². The van der Waals surface area contributed by atoms with E-state index >= 15 is 0 Å². The highest BCUT2D eigenvalue weighted by Gasteiger charge is 2.46. The maximum Gasteiger partial charge on any atom is 0.326 e. The first-order valence-corrected chi connectivity index (χ1v) is 7.73. The van der Waals surface area contributed by atoms with Crippen LogP contribution in [0.2, 0.25) is 0 Å². The number of ether oxygens (including phenoxy) is 1. The summed E-state index contributed by atoms with van der Waals surface area (Å²) in [5.41, 5.74) is -0.639. The summed E-state index contributed by atoms with van der Waals surface area (Å²) in [4.78, 5) is 50.7. The Balaban J connectivity index is 2.16. The number of carbonyl (C=O) groups is 4. The fourth-order valence-corrected chi connectivity index (χ4v) is 2.38. The van der Waals surface area contributed by atoms with Crippen molar-refractivity contribution in [3.8, 4) is 0 Å². The second-order valence-corrected chi connectivity index (χ2v) is 6.42. The number of nitrogens with zero attached hydrogens (tertiary/aromatic N) is 2. The van der Waals surface area contributed by atoms with E-state index < -0.39 is 42.0 Å². The second-order valence-electron chi connectivity index (χ2n) is 6.42. The van der Waals surface area contributed by atoms with Crippen molar-refractivity contribution in [3.63, 3.8) is 0 Å². The Bertz CT molecular complexity index is 699. The van der Waals surface area contributed by atoms with Gasteiger partial charge in [-0.2, -0.15) is 0 Å². The van der Waals surface area contributed by atoms with Crippen LogP contribution in [0.4, 0.5) is 4.79 Å². The number of carbonyl (C=O) groups excluding carboxylic acids is 4. The summed E-state index contributed by atoms with van der Waals surface area (Å²) in [6.07, 6.45) is -1.12. The Morgan fingerprint density at radius 2 is 1.80 bits per heavy atom. The zero-order valence-corrected chi connectivity index (χ0v) is 14.6. The van der Waals surface area contributed by atoms with E-state index in [4.69, 9.17) is 4.74 Å². The molecule has 0 spiro atoms. The zero-order chi connectivity index (χ0) is 18.8. The van der Waals surface area contributed by atoms with E-state index in [1.165, 1.54) is 18.7 Å². The molecule has 1 aliphatic heterocycles. The second kappa shape index (κ2) is 6.92. The van der Waals surface area contributed by atoms with Crippen LogP contribution >= 0.6 is 0 Å². The molecule has 1 aromatic rings. The van der Waals surface area contributed by atoms with Crippen molar-refractivity contribution in [1.82, 2.24) is 15.1 Å². The third-order valence-electron chi connectivity index (χ3n) is 4.00. The first-order valence-electron chi connectivity index (χ1n) is 7.73. The predicted octanol–water partition coefficient (Wildman–Crippen LogP) is 0.690. The summed E-state index contributed by atoms with van der Waals surface area (Å²) in [6.45, 7) is 2.62. The standard InChI is InChI=1S/C17H21N3O5/c1-17(2)15(23)18-16(24)20(17)10-12(21)25-13(14(22)19(3)4)11-8-6-5-7-9-11/h5-9,13H,10H2,1-4H3,(H,18,23,24). The fraction of sp³-hybridized carbons (Fsp3) is 0.412. The number of amides is 4. The van der Waals surface area contributed by atoms with Crippen LogP contribution in [0.3, 0.4) is 0 Å². The van der Waals surface area contributed by atoms with Gasteiger partial charge in [0.2, 0.25) is 6.10 Å². The van der Waals surface area contributed by atoms with Crippen molar-refractivity contribution >= 4 is 23.8 Å². The summed E-state index contributed by atoms with van der Waals surface area (Å²) in [6, 6.07) is 7.93. The lowest BCUT2D eigenvalue weighted by Crippen LogP contribution is -2.47. The van der Waals surface area contributed by atoms with E-state index in [2.05, 4.69) is 5.32 Å². The molecule has 0 aliphatic carbocycles. The molecular formula is C17H21N3O5. The van der Waals surface area contributed by atoms with Crippen molar-refractivity contribution in [2.45, 2.75) is 25.5 Å². The smallest absolute Gasteiger partial charge is 0.326 e. The van der Waals surface area contributed by atoms with Gasteiger partial charge in [-0.05, 0) is 13.8 Å². The van der Waals surface area contributed by atoms with Gasteiger partial charge in [-0.15, -0.1) is 0 Å². The lowest BCUT2D eigenvalue weighted by molar-refractivity contribution is -0.160. The number of hydrogen-bond acceptors (Lipinski definition) is 5. The molecule has 1 N–H and O–H groups in total. The van der Waals surface area contributed by atoms with Crippen LogP contribution in [0, 0.1) is 0 Å². The molecule has 0 saturated carbocycles. The van der Waals surface area contributed by atoms with Crippen LogP contribution in [0.15, 0.2) is 30.3 Å². The number of urea groups is 1. The number of rotatable bonds is 5. The summed E-state index contributed by atoms with van der Waals surface area (Å²) < 4.78 is 5.34. The third kappa shape index (κ3) is 3.78. The van der Waals surface area contributed by atoms with Gasteiger partial charge in [0.25, 0.3) is 11.8 Å². The van der Waals surface area contributed by atoms with Gasteiger partial charge in [0.05, 0.1) is 0 Å². The molecule has 8 heteroatoms. The summed E-state index contributed by atoms with van der Waals surface area (Å²) in [5.74, 6) is -1.67. The average Bonchev–Trinajstić information content (AvgIpc) is 2.75. The van der Waals surface area contributed by atoms with Gasteiger partial charge in [-0.25, -0.2) is 4.79 Å². The molecule has 1 aliphatic rings. The maximum atomic E-state index is 12.4. The molecule has 134 valence electrons. The Morgan fingerprint density at radius 1 is 1.20 bits per heavy atom. The van der Waals surface area contributed by atoms with Gasteiger partial charge in [0.15, 0.2) is 0 Å². The number of benzene rings is 1. The zero-order valence-electron chi connectivity index (χ0n) is 14.6. The predicted molar refractivity (Wildman–Crippen MR) is 88.3 cm³/mol. The monoisotopic (exact) mass is 347 g/mol. The number of imide groups is 1. The number of esters is 1. The number of nitrogens with one attached hydrogen (secondary N) is 1. The summed E-state index contributed by atoms with van der Waals surface area (Å²) in [7, 11) is 3.11.